The lowest BCUT2D eigenvalue weighted by Crippen LogP contribution is -2.48. The van der Waals surface area contributed by atoms with Crippen LogP contribution in [0.2, 0.25) is 0 Å². The van der Waals surface area contributed by atoms with Crippen molar-refractivity contribution in [3.05, 3.63) is 84.4 Å². The predicted molar refractivity (Wildman–Crippen MR) is 319 cm³/mol. The van der Waals surface area contributed by atoms with Crippen LogP contribution in [0.5, 0.6) is 0 Å². The molecule has 0 aliphatic carbocycles. The molecule has 0 spiro atoms. The molecule has 0 bridgehead atoms. The fraction of sp³-hybridized carbons (Fsp3) is 0.0870. The van der Waals surface area contributed by atoms with Crippen molar-refractivity contribution in [2.45, 2.75) is 26.2 Å². The van der Waals surface area contributed by atoms with Gasteiger partial charge in [0.05, 0.1) is 0 Å². The van der Waals surface area contributed by atoms with E-state index in [-0.39, 0.29) is 5.41 Å². The zero-order chi connectivity index (χ0) is 44.6. The Bertz CT molecular complexity index is 3420. The average Bonchev–Trinajstić information content (AvgIpc) is 3.82. The molecule has 9 aromatic rings. The van der Waals surface area contributed by atoms with E-state index in [0.717, 1.165) is 0 Å². The third kappa shape index (κ3) is 5.90. The summed E-state index contributed by atoms with van der Waals surface area (Å²) in [5.74, 6) is 0. The number of nitrogens with zero attached hydrogens (tertiary/aromatic N) is 2. The zero-order valence-electron chi connectivity index (χ0n) is 40.4. The lowest BCUT2D eigenvalue weighted by Gasteiger charge is -2.24. The van der Waals surface area contributed by atoms with E-state index < -0.39 is 0 Å². The van der Waals surface area contributed by atoms with E-state index in [1.54, 1.807) is 0 Å². The van der Waals surface area contributed by atoms with Crippen LogP contribution in [0.25, 0.3) is 77.2 Å². The van der Waals surface area contributed by atoms with Gasteiger partial charge in [-0.25, -0.2) is 0 Å². The molecule has 0 radical (unpaired) electrons. The van der Waals surface area contributed by atoms with Crippen LogP contribution < -0.4 is 76.5 Å². The van der Waals surface area contributed by atoms with Crippen LogP contribution in [0.1, 0.15) is 26.3 Å². The first kappa shape index (κ1) is 42.4. The molecule has 2 nitrogen and oxygen atoms in total. The van der Waals surface area contributed by atoms with Crippen LogP contribution in [0.3, 0.4) is 0 Å². The summed E-state index contributed by atoms with van der Waals surface area (Å²) in [5, 5.41) is 5.54. The van der Waals surface area contributed by atoms with Gasteiger partial charge in [0, 0.05) is 44.2 Å². The van der Waals surface area contributed by atoms with Gasteiger partial charge < -0.3 is 9.13 Å². The minimum atomic E-state index is 0.111. The van der Waals surface area contributed by atoms with Crippen molar-refractivity contribution in [3.8, 4) is 33.6 Å². The minimum absolute atomic E-state index is 0.111. The second-order valence-corrected chi connectivity index (χ2v) is 19.8. The van der Waals surface area contributed by atoms with Gasteiger partial charge in [0.1, 0.15) is 110 Å². The molecule has 0 unspecified atom stereocenters. The number of para-hydroxylation sites is 1. The molecule has 0 amide bonds. The van der Waals surface area contributed by atoms with Crippen LogP contribution in [-0.4, -0.2) is 119 Å². The molecule has 2 heterocycles. The fourth-order valence-corrected chi connectivity index (χ4v) is 11.3. The van der Waals surface area contributed by atoms with Gasteiger partial charge in [0.2, 0.25) is 0 Å². The van der Waals surface area contributed by atoms with E-state index >= 15 is 0 Å². The van der Waals surface area contributed by atoms with Gasteiger partial charge in [-0.2, -0.15) is 0 Å². The number of fused-ring (bicyclic) bond motifs is 6. The Hall–Kier alpha value is -4.95. The average molecular weight is 782 g/mol. The van der Waals surface area contributed by atoms with Gasteiger partial charge in [-0.3, -0.25) is 0 Å². The maximum absolute atomic E-state index is 2.62. The predicted octanol–water partition coefficient (Wildman–Crippen LogP) is -11.9. The maximum Gasteiger partial charge on any atom is 0.141 e. The summed E-state index contributed by atoms with van der Waals surface area (Å²) in [4.78, 5) is 0. The largest absolute Gasteiger partial charge is 0.310 e. The van der Waals surface area contributed by atoms with Crippen LogP contribution >= 0.6 is 0 Å². The quantitative estimate of drug-likeness (QED) is 0.157. The van der Waals surface area contributed by atoms with Gasteiger partial charge in [-0.05, 0) is 68.3 Å². The Morgan fingerprint density at radius 2 is 0.694 bits per heavy atom. The first-order valence-electron chi connectivity index (χ1n) is 22.6. The molecule has 9 rings (SSSR count). The normalized spacial score (nSPS) is 12.0. The molecular weight excluding hydrogens is 732 g/mol. The number of hydrogen-bond donors (Lipinski definition) is 0. The van der Waals surface area contributed by atoms with Gasteiger partial charge in [-0.1, -0.05) is 141 Å². The summed E-state index contributed by atoms with van der Waals surface area (Å²) in [5.41, 5.74) is 33.6. The van der Waals surface area contributed by atoms with E-state index in [9.17, 15) is 0 Å². The van der Waals surface area contributed by atoms with E-state index in [4.69, 9.17) is 0 Å². The molecule has 0 saturated heterocycles. The Labute approximate surface area is 381 Å². The molecule has 0 N–H and O–H groups in total. The summed E-state index contributed by atoms with van der Waals surface area (Å²) in [6.07, 6.45) is 0. The van der Waals surface area contributed by atoms with Gasteiger partial charge in [-0.15, -0.1) is 10.9 Å². The summed E-state index contributed by atoms with van der Waals surface area (Å²) >= 11 is 0. The van der Waals surface area contributed by atoms with Crippen LogP contribution in [0.15, 0.2) is 78.9 Å². The molecule has 7 aromatic carbocycles. The van der Waals surface area contributed by atoms with Crippen molar-refractivity contribution in [3.63, 3.8) is 0 Å². The lowest BCUT2D eigenvalue weighted by molar-refractivity contribution is 0.590. The molecule has 0 fully saturated rings. The third-order valence-corrected chi connectivity index (χ3v) is 15.7. The summed E-state index contributed by atoms with van der Waals surface area (Å²) in [6.45, 7) is 6.85. The molecule has 2 aromatic heterocycles. The van der Waals surface area contributed by atoms with Crippen molar-refractivity contribution >= 4 is 230 Å². The summed E-state index contributed by atoms with van der Waals surface area (Å²) < 4.78 is 5.19. The van der Waals surface area contributed by atoms with Crippen molar-refractivity contribution in [1.82, 2.24) is 9.13 Å². The Balaban J connectivity index is 1.41. The monoisotopic (exact) mass is 785 g/mol. The van der Waals surface area contributed by atoms with Crippen molar-refractivity contribution in [2.75, 3.05) is 0 Å². The number of rotatable bonds is 4. The lowest BCUT2D eigenvalue weighted by atomic mass is 9.61. The molecule has 0 aliphatic rings. The number of benzene rings is 7. The Kier molecular flexibility index (Phi) is 10.1. The zero-order valence-corrected chi connectivity index (χ0v) is 40.4. The highest BCUT2D eigenvalue weighted by atomic mass is 15.0. The minimum Gasteiger partial charge on any atom is -0.310 e. The van der Waals surface area contributed by atoms with Crippen molar-refractivity contribution in [1.29, 1.82) is 0 Å². The first-order valence-corrected chi connectivity index (χ1v) is 22.6. The smallest absolute Gasteiger partial charge is 0.141 e. The molecule has 0 atom stereocenters. The standard InChI is InChI=1S/C46H50B14N2/c1-46(2,3)19-14-12-17(13-15-19)18-8-7-11-21(16-18)62-43-25(27-33(52)35(54)37(56)41(60)45(27)62)29(48)23(31(50)39(43)58)22-28(47)24-26-32(51)34(53)36(55)40(59)44(26)61(20-9-5-4-6-10-20)42(24)38(57)30(22)49/h4-16H,47-60H2,1-3H3. The van der Waals surface area contributed by atoms with E-state index in [0.29, 0.717) is 0 Å². The van der Waals surface area contributed by atoms with Gasteiger partial charge in [0.15, 0.2) is 0 Å². The highest BCUT2D eigenvalue weighted by molar-refractivity contribution is 6.72. The molecule has 0 aliphatic heterocycles. The second-order valence-electron chi connectivity index (χ2n) is 19.8. The summed E-state index contributed by atoms with van der Waals surface area (Å²) in [6, 6.07) is 29.5. The third-order valence-electron chi connectivity index (χ3n) is 15.7. The second kappa shape index (κ2) is 14.8. The number of aromatic nitrogens is 2. The summed E-state index contributed by atoms with van der Waals surface area (Å²) in [7, 11) is 33.0. The van der Waals surface area contributed by atoms with Crippen LogP contribution in [0, 0.1) is 0 Å². The highest BCUT2D eigenvalue weighted by Gasteiger charge is 2.29. The van der Waals surface area contributed by atoms with E-state index in [1.807, 2.05) is 0 Å². The first-order chi connectivity index (χ1) is 29.3. The van der Waals surface area contributed by atoms with Crippen molar-refractivity contribution in [2.24, 2.45) is 0 Å². The molecule has 62 heavy (non-hydrogen) atoms. The van der Waals surface area contributed by atoms with Gasteiger partial charge >= 0.3 is 0 Å². The van der Waals surface area contributed by atoms with Crippen LogP contribution in [-0.2, 0) is 5.41 Å². The highest BCUT2D eigenvalue weighted by Crippen LogP contribution is 2.34. The molecule has 16 heteroatoms. The number of hydrogen-bond acceptors (Lipinski definition) is 0. The molecule has 0 saturated carbocycles. The molecule has 286 valence electrons. The van der Waals surface area contributed by atoms with E-state index in [1.165, 1.54) is 159 Å². The van der Waals surface area contributed by atoms with Crippen LogP contribution in [0.4, 0.5) is 0 Å². The Morgan fingerprint density at radius 1 is 0.323 bits per heavy atom. The van der Waals surface area contributed by atoms with Gasteiger partial charge in [0.25, 0.3) is 0 Å². The molecular formula is C46H50B14N2. The van der Waals surface area contributed by atoms with Crippen molar-refractivity contribution < 1.29 is 0 Å². The Morgan fingerprint density at radius 3 is 1.13 bits per heavy atom. The van der Waals surface area contributed by atoms with E-state index in [2.05, 4.69) is 219 Å². The maximum atomic E-state index is 2.62. The fourth-order valence-electron chi connectivity index (χ4n) is 11.3. The SMILES string of the molecule is Bc1c(B)c(B)c2c(c1B)c1c(B)c(-c3c(B)c(B)c4c(c3B)c3c(B)c(B)c(B)c(B)c3n4-c3cccc(-c4ccc(C(C)(C)C)cc4)c3)c(B)c(B)c1n2-c1ccccc1. The topological polar surface area (TPSA) is 9.86 Å².